The average Bonchev–Trinajstić information content (AvgIpc) is 3.07. The highest BCUT2D eigenvalue weighted by atomic mass is 16.5. The lowest BCUT2D eigenvalue weighted by Crippen LogP contribution is -2.65. The van der Waals surface area contributed by atoms with E-state index in [1.807, 2.05) is 27.7 Å². The molecule has 0 bridgehead atoms. The van der Waals surface area contributed by atoms with Gasteiger partial charge in [-0.1, -0.05) is 41.5 Å². The minimum Gasteiger partial charge on any atom is -0.481 e. The van der Waals surface area contributed by atoms with Gasteiger partial charge in [-0.15, -0.1) is 0 Å². The second-order valence-corrected chi connectivity index (χ2v) is 14.2. The summed E-state index contributed by atoms with van der Waals surface area (Å²) in [5, 5.41) is 32.7. The lowest BCUT2D eigenvalue weighted by molar-refractivity contribution is -0.168. The summed E-state index contributed by atoms with van der Waals surface area (Å²) in [6.07, 6.45) is -1.76. The van der Waals surface area contributed by atoms with Crippen molar-refractivity contribution >= 4 is 29.8 Å². The van der Waals surface area contributed by atoms with Crippen LogP contribution in [0.1, 0.15) is 87.0 Å². The highest BCUT2D eigenvalue weighted by Crippen LogP contribution is 2.70. The van der Waals surface area contributed by atoms with Gasteiger partial charge in [-0.25, -0.2) is 0 Å². The number of Topliss-reactive ketones (excluding diaryl/α,β-unsaturated/α-hetero) is 3. The fourth-order valence-electron chi connectivity index (χ4n) is 9.43. The van der Waals surface area contributed by atoms with Crippen LogP contribution >= 0.6 is 0 Å². The number of aliphatic carboxylic acids is 1. The zero-order valence-electron chi connectivity index (χ0n) is 24.7. The van der Waals surface area contributed by atoms with E-state index in [0.29, 0.717) is 30.5 Å². The van der Waals surface area contributed by atoms with Gasteiger partial charge in [0.1, 0.15) is 23.8 Å². The molecule has 2 saturated carbocycles. The maximum atomic E-state index is 14.2. The molecule has 4 aliphatic rings. The van der Waals surface area contributed by atoms with E-state index in [4.69, 9.17) is 4.74 Å². The number of carbonyl (C=O) groups excluding carboxylic acids is 4. The number of carbonyl (C=O) groups is 5. The Kier molecular flexibility index (Phi) is 7.54. The predicted octanol–water partition coefficient (Wildman–Crippen LogP) is 3.28. The molecule has 0 aromatic rings. The molecule has 2 fully saturated rings. The molecule has 3 N–H and O–H groups in total. The summed E-state index contributed by atoms with van der Waals surface area (Å²) < 4.78 is 5.42. The van der Waals surface area contributed by atoms with Gasteiger partial charge in [0.15, 0.2) is 5.78 Å². The molecule has 0 aromatic heterocycles. The molecule has 0 spiro atoms. The van der Waals surface area contributed by atoms with Crippen LogP contribution in [0.15, 0.2) is 11.1 Å². The maximum absolute atomic E-state index is 14.2. The van der Waals surface area contributed by atoms with Gasteiger partial charge in [-0.3, -0.25) is 24.0 Å². The standard InChI is InChI=1S/C31H44O9/c1-15(10-17(33)11-16(2)27(38)39)18-12-21(35)31(7)23-19(34)13-20-28(3,4)22(40-14-32)8-9-29(20,5)24(23)25(36)26(37)30(18,31)6/h14-16,18-20,22,26,34,37H,8-13H2,1-7H3,(H,38,39)/t15?,16?,18?,19?,20?,22?,26?,29?,30?,31-/m0/s1. The first-order valence-electron chi connectivity index (χ1n) is 14.4. The first-order valence-corrected chi connectivity index (χ1v) is 14.4. The first kappa shape index (κ1) is 30.6. The fraction of sp³-hybridized carbons (Fsp3) is 0.774. The smallest absolute Gasteiger partial charge is 0.306 e. The van der Waals surface area contributed by atoms with Crippen molar-refractivity contribution in [2.75, 3.05) is 0 Å². The van der Waals surface area contributed by atoms with Crippen LogP contribution in [0.25, 0.3) is 0 Å². The van der Waals surface area contributed by atoms with Crippen LogP contribution in [0.4, 0.5) is 0 Å². The van der Waals surface area contributed by atoms with Crippen molar-refractivity contribution < 1.29 is 44.0 Å². The van der Waals surface area contributed by atoms with Gasteiger partial charge in [-0.05, 0) is 54.9 Å². The van der Waals surface area contributed by atoms with E-state index in [2.05, 4.69) is 0 Å². The van der Waals surface area contributed by atoms with Crippen LogP contribution in [0.5, 0.6) is 0 Å². The summed E-state index contributed by atoms with van der Waals surface area (Å²) >= 11 is 0. The molecular formula is C31H44O9. The first-order chi connectivity index (χ1) is 18.4. The van der Waals surface area contributed by atoms with E-state index in [1.165, 1.54) is 6.92 Å². The van der Waals surface area contributed by atoms with E-state index < -0.39 is 63.4 Å². The zero-order chi connectivity index (χ0) is 30.2. The Morgan fingerprint density at radius 1 is 1.07 bits per heavy atom. The molecule has 0 radical (unpaired) electrons. The Bertz CT molecular complexity index is 1170. The molecule has 40 heavy (non-hydrogen) atoms. The number of hydrogen-bond acceptors (Lipinski definition) is 8. The summed E-state index contributed by atoms with van der Waals surface area (Å²) in [4.78, 5) is 63.4. The van der Waals surface area contributed by atoms with Crippen molar-refractivity contribution in [3.8, 4) is 0 Å². The monoisotopic (exact) mass is 560 g/mol. The lowest BCUT2D eigenvalue weighted by Gasteiger charge is -2.62. The summed E-state index contributed by atoms with van der Waals surface area (Å²) in [5.74, 6) is -3.94. The Balaban J connectivity index is 1.78. The minimum atomic E-state index is -1.52. The Morgan fingerprint density at radius 2 is 1.70 bits per heavy atom. The summed E-state index contributed by atoms with van der Waals surface area (Å²) in [7, 11) is 0. The van der Waals surface area contributed by atoms with Gasteiger partial charge in [0.25, 0.3) is 6.47 Å². The topological polar surface area (TPSA) is 155 Å². The highest BCUT2D eigenvalue weighted by Gasteiger charge is 2.73. The van der Waals surface area contributed by atoms with E-state index in [1.54, 1.807) is 13.8 Å². The van der Waals surface area contributed by atoms with Gasteiger partial charge < -0.3 is 20.1 Å². The van der Waals surface area contributed by atoms with Gasteiger partial charge in [0.05, 0.1) is 17.4 Å². The van der Waals surface area contributed by atoms with E-state index >= 15 is 0 Å². The van der Waals surface area contributed by atoms with Crippen LogP contribution in [0, 0.1) is 45.3 Å². The summed E-state index contributed by atoms with van der Waals surface area (Å²) in [5.41, 5.74) is -3.13. The van der Waals surface area contributed by atoms with E-state index in [9.17, 15) is 39.3 Å². The number of carboxylic acid groups (broad SMARTS) is 1. The van der Waals surface area contributed by atoms with E-state index in [0.717, 1.165) is 0 Å². The number of aliphatic hydroxyl groups excluding tert-OH is 2. The van der Waals surface area contributed by atoms with Crippen molar-refractivity contribution in [1.29, 1.82) is 0 Å². The Hall–Kier alpha value is -2.39. The summed E-state index contributed by atoms with van der Waals surface area (Å²) in [6.45, 7) is 13.1. The Labute approximate surface area is 235 Å². The van der Waals surface area contributed by atoms with Gasteiger partial charge in [0, 0.05) is 35.7 Å². The van der Waals surface area contributed by atoms with Crippen LogP contribution < -0.4 is 0 Å². The molecule has 0 amide bonds. The molecule has 10 atom stereocenters. The van der Waals surface area contributed by atoms with Gasteiger partial charge in [0.2, 0.25) is 0 Å². The number of aliphatic hydroxyl groups is 2. The van der Waals surface area contributed by atoms with Crippen LogP contribution in [-0.2, 0) is 28.7 Å². The number of carboxylic acids is 1. The Morgan fingerprint density at radius 3 is 2.27 bits per heavy atom. The minimum absolute atomic E-state index is 0.0305. The normalized spacial score (nSPS) is 41.9. The van der Waals surface area contributed by atoms with Gasteiger partial charge >= 0.3 is 5.97 Å². The molecule has 0 aromatic carbocycles. The number of rotatable bonds is 8. The third-order valence-corrected chi connectivity index (χ3v) is 11.9. The molecule has 4 rings (SSSR count). The SMILES string of the molecule is CC(CC(=O)CC(C)C1CC(=O)[C@@]2(C)C3=C(C(=O)C(O)C12C)C1(C)CCC(OC=O)C(C)(C)C1CC3O)C(=O)O. The van der Waals surface area contributed by atoms with Crippen molar-refractivity contribution in [3.05, 3.63) is 11.1 Å². The number of fused-ring (bicyclic) bond motifs is 4. The van der Waals surface area contributed by atoms with Crippen molar-refractivity contribution in [3.63, 3.8) is 0 Å². The second kappa shape index (κ2) is 9.86. The van der Waals surface area contributed by atoms with Crippen LogP contribution in [-0.4, -0.2) is 63.4 Å². The third kappa shape index (κ3) is 3.97. The number of hydrogen-bond donors (Lipinski definition) is 3. The molecule has 222 valence electrons. The molecule has 9 unspecified atom stereocenters. The highest BCUT2D eigenvalue weighted by molar-refractivity contribution is 6.07. The quantitative estimate of drug-likeness (QED) is 0.379. The van der Waals surface area contributed by atoms with Crippen molar-refractivity contribution in [2.45, 2.75) is 105 Å². The number of ketones is 3. The van der Waals surface area contributed by atoms with Crippen LogP contribution in [0.3, 0.4) is 0 Å². The largest absolute Gasteiger partial charge is 0.481 e. The number of ether oxygens (including phenoxy) is 1. The lowest BCUT2D eigenvalue weighted by atomic mass is 9.42. The van der Waals surface area contributed by atoms with Crippen molar-refractivity contribution in [2.24, 2.45) is 45.3 Å². The molecule has 4 aliphatic carbocycles. The molecule has 9 heteroatoms. The summed E-state index contributed by atoms with van der Waals surface area (Å²) in [6, 6.07) is 0. The maximum Gasteiger partial charge on any atom is 0.306 e. The molecule has 0 aliphatic heterocycles. The third-order valence-electron chi connectivity index (χ3n) is 11.9. The van der Waals surface area contributed by atoms with Gasteiger partial charge in [-0.2, -0.15) is 0 Å². The predicted molar refractivity (Wildman–Crippen MR) is 144 cm³/mol. The fourth-order valence-corrected chi connectivity index (χ4v) is 9.43. The second-order valence-electron chi connectivity index (χ2n) is 14.2. The zero-order valence-corrected chi connectivity index (χ0v) is 24.7. The molecule has 0 heterocycles. The average molecular weight is 561 g/mol. The molecule has 0 saturated heterocycles. The van der Waals surface area contributed by atoms with E-state index in [-0.39, 0.29) is 49.3 Å². The van der Waals surface area contributed by atoms with Crippen molar-refractivity contribution in [1.82, 2.24) is 0 Å². The van der Waals surface area contributed by atoms with Crippen LogP contribution in [0.2, 0.25) is 0 Å². The molecular weight excluding hydrogens is 516 g/mol. The molecule has 9 nitrogen and oxygen atoms in total.